The summed E-state index contributed by atoms with van der Waals surface area (Å²) < 4.78 is 5.02. The van der Waals surface area contributed by atoms with Crippen LogP contribution in [0.4, 0.5) is 0 Å². The van der Waals surface area contributed by atoms with Gasteiger partial charge in [0.05, 0.1) is 6.61 Å². The van der Waals surface area contributed by atoms with Gasteiger partial charge in [0.15, 0.2) is 0 Å². The van der Waals surface area contributed by atoms with Crippen molar-refractivity contribution in [1.82, 2.24) is 4.90 Å². The quantitative estimate of drug-likeness (QED) is 0.546. The van der Waals surface area contributed by atoms with Gasteiger partial charge in [0.25, 0.3) is 0 Å². The monoisotopic (exact) mass is 393 g/mol. The van der Waals surface area contributed by atoms with Gasteiger partial charge in [0.2, 0.25) is 0 Å². The first-order valence-electron chi connectivity index (χ1n) is 10.1. The largest absolute Gasteiger partial charge is 0.463 e. The van der Waals surface area contributed by atoms with Crippen molar-refractivity contribution in [3.05, 3.63) is 68.4 Å². The summed E-state index contributed by atoms with van der Waals surface area (Å²) in [5.41, 5.74) is 7.30. The summed E-state index contributed by atoms with van der Waals surface area (Å²) in [4.78, 5) is 16.6. The van der Waals surface area contributed by atoms with Gasteiger partial charge in [-0.2, -0.15) is 0 Å². The average molecular weight is 394 g/mol. The topological polar surface area (TPSA) is 29.5 Å². The Morgan fingerprint density at radius 2 is 1.89 bits per heavy atom. The predicted molar refractivity (Wildman–Crippen MR) is 117 cm³/mol. The zero-order chi connectivity index (χ0) is 19.5. The second-order valence-corrected chi connectivity index (χ2v) is 8.61. The van der Waals surface area contributed by atoms with Crippen molar-refractivity contribution < 1.29 is 9.53 Å². The first-order valence-corrected chi connectivity index (χ1v) is 10.9. The van der Waals surface area contributed by atoms with Gasteiger partial charge in [-0.05, 0) is 74.1 Å². The highest BCUT2D eigenvalue weighted by Gasteiger charge is 2.24. The van der Waals surface area contributed by atoms with E-state index in [-0.39, 0.29) is 5.97 Å². The van der Waals surface area contributed by atoms with Crippen molar-refractivity contribution in [1.29, 1.82) is 0 Å². The summed E-state index contributed by atoms with van der Waals surface area (Å²) in [5, 5.41) is 0. The van der Waals surface area contributed by atoms with Crippen LogP contribution in [0.1, 0.15) is 46.2 Å². The Hall–Kier alpha value is -2.17. The molecule has 1 aliphatic heterocycles. The molecule has 0 unspecified atom stereocenters. The summed E-state index contributed by atoms with van der Waals surface area (Å²) >= 11 is 1.81. The number of piperidine rings is 1. The highest BCUT2D eigenvalue weighted by atomic mass is 32.1. The number of ether oxygens (including phenoxy) is 1. The maximum absolute atomic E-state index is 11.7. The van der Waals surface area contributed by atoms with E-state index in [4.69, 9.17) is 4.74 Å². The summed E-state index contributed by atoms with van der Waals surface area (Å²) in [6.07, 6.45) is 7.83. The van der Waals surface area contributed by atoms with Crippen LogP contribution in [0.2, 0.25) is 0 Å². The van der Waals surface area contributed by atoms with Crippen LogP contribution in [-0.2, 0) is 22.4 Å². The first kappa shape index (κ1) is 19.2. The van der Waals surface area contributed by atoms with E-state index in [1.807, 2.05) is 24.3 Å². The maximum Gasteiger partial charge on any atom is 0.330 e. The molecule has 0 bridgehead atoms. The number of aryl methyl sites for hydroxylation is 2. The van der Waals surface area contributed by atoms with E-state index < -0.39 is 0 Å². The van der Waals surface area contributed by atoms with Crippen molar-refractivity contribution in [2.24, 2.45) is 0 Å². The molecule has 4 rings (SSSR count). The molecule has 0 radical (unpaired) electrons. The van der Waals surface area contributed by atoms with Gasteiger partial charge in [-0.1, -0.05) is 29.8 Å². The molecule has 4 heteroatoms. The number of likely N-dealkylation sites (tertiary alicyclic amines) is 1. The van der Waals surface area contributed by atoms with E-state index in [0.29, 0.717) is 6.61 Å². The van der Waals surface area contributed by atoms with Crippen LogP contribution in [-0.4, -0.2) is 37.6 Å². The molecule has 1 aliphatic carbocycles. The van der Waals surface area contributed by atoms with Gasteiger partial charge in [-0.25, -0.2) is 4.79 Å². The molecular formula is C24H27NO2S. The number of esters is 1. The van der Waals surface area contributed by atoms with Crippen molar-refractivity contribution >= 4 is 29.0 Å². The van der Waals surface area contributed by atoms with Crippen LogP contribution in [0.3, 0.4) is 0 Å². The third-order valence-corrected chi connectivity index (χ3v) is 6.78. The molecule has 0 spiro atoms. The zero-order valence-corrected chi connectivity index (χ0v) is 17.5. The van der Waals surface area contributed by atoms with Gasteiger partial charge in [-0.15, -0.1) is 11.3 Å². The van der Waals surface area contributed by atoms with Gasteiger partial charge >= 0.3 is 5.97 Å². The minimum atomic E-state index is -0.273. The fourth-order valence-electron chi connectivity index (χ4n) is 4.13. The molecule has 3 nitrogen and oxygen atoms in total. The first-order chi connectivity index (χ1) is 13.7. The van der Waals surface area contributed by atoms with Crippen molar-refractivity contribution in [3.63, 3.8) is 0 Å². The van der Waals surface area contributed by atoms with Gasteiger partial charge < -0.3 is 9.64 Å². The number of hydrogen-bond acceptors (Lipinski definition) is 4. The predicted octanol–water partition coefficient (Wildman–Crippen LogP) is 4.95. The molecule has 0 atom stereocenters. The molecule has 0 saturated carbocycles. The van der Waals surface area contributed by atoms with E-state index in [9.17, 15) is 4.79 Å². The molecule has 2 aliphatic rings. The molecule has 146 valence electrons. The molecule has 1 saturated heterocycles. The van der Waals surface area contributed by atoms with E-state index in [1.165, 1.54) is 27.1 Å². The lowest BCUT2D eigenvalue weighted by atomic mass is 9.90. The van der Waals surface area contributed by atoms with Crippen LogP contribution >= 0.6 is 11.3 Å². The lowest BCUT2D eigenvalue weighted by molar-refractivity contribution is -0.137. The Bertz CT molecular complexity index is 928. The normalized spacial score (nSPS) is 17.4. The summed E-state index contributed by atoms with van der Waals surface area (Å²) in [6.45, 7) is 4.48. The molecule has 0 N–H and O–H groups in total. The standard InChI is InChI=1S/C24H27NO2S/c1-3-27-22(26)11-10-20-16-19-9-8-17-6-4-5-7-21(17)23(24(19)28-20)18-12-14-25(2)15-13-18/h4-7,10-11,16H,3,8-9,12-15H2,1-2H3. The number of fused-ring (bicyclic) bond motifs is 2. The van der Waals surface area contributed by atoms with Crippen LogP contribution in [0, 0.1) is 0 Å². The summed E-state index contributed by atoms with van der Waals surface area (Å²) in [7, 11) is 2.21. The SMILES string of the molecule is CCOC(=O)C=Cc1cc2c(s1)C(=C1CCN(C)CC1)c1ccccc1CC2. The Labute approximate surface area is 171 Å². The third-order valence-electron chi connectivity index (χ3n) is 5.62. The van der Waals surface area contributed by atoms with Gasteiger partial charge in [0, 0.05) is 28.9 Å². The summed E-state index contributed by atoms with van der Waals surface area (Å²) in [5.74, 6) is -0.273. The smallest absolute Gasteiger partial charge is 0.330 e. The second kappa shape index (κ2) is 8.46. The number of carbonyl (C=O) groups excluding carboxylic acids is 1. The highest BCUT2D eigenvalue weighted by Crippen LogP contribution is 2.42. The molecule has 2 heterocycles. The lowest BCUT2D eigenvalue weighted by Gasteiger charge is -2.27. The molecule has 1 aromatic heterocycles. The molecule has 0 amide bonds. The zero-order valence-electron chi connectivity index (χ0n) is 16.7. The number of thiophene rings is 1. The van der Waals surface area contributed by atoms with Crippen LogP contribution in [0.5, 0.6) is 0 Å². The number of benzene rings is 1. The molecule has 2 aromatic rings. The Morgan fingerprint density at radius 3 is 2.68 bits per heavy atom. The fraction of sp³-hybridized carbons (Fsp3) is 0.375. The molecule has 28 heavy (non-hydrogen) atoms. The van der Waals surface area contributed by atoms with E-state index in [0.717, 1.165) is 43.6 Å². The minimum absolute atomic E-state index is 0.273. The van der Waals surface area contributed by atoms with E-state index >= 15 is 0 Å². The van der Waals surface area contributed by atoms with Gasteiger partial charge in [0.1, 0.15) is 0 Å². The van der Waals surface area contributed by atoms with Crippen molar-refractivity contribution in [2.45, 2.75) is 32.6 Å². The Kier molecular flexibility index (Phi) is 5.79. The third kappa shape index (κ3) is 3.98. The number of nitrogens with zero attached hydrogens (tertiary/aromatic N) is 1. The number of carbonyl (C=O) groups is 1. The number of rotatable bonds is 3. The number of hydrogen-bond donors (Lipinski definition) is 0. The van der Waals surface area contributed by atoms with Gasteiger partial charge in [-0.3, -0.25) is 0 Å². The van der Waals surface area contributed by atoms with Crippen LogP contribution in [0.25, 0.3) is 11.6 Å². The van der Waals surface area contributed by atoms with Crippen molar-refractivity contribution in [2.75, 3.05) is 26.7 Å². The molecular weight excluding hydrogens is 366 g/mol. The Balaban J connectivity index is 1.77. The van der Waals surface area contributed by atoms with Crippen molar-refractivity contribution in [3.8, 4) is 0 Å². The Morgan fingerprint density at radius 1 is 1.14 bits per heavy atom. The average Bonchev–Trinajstić information content (AvgIpc) is 3.04. The molecule has 1 fully saturated rings. The van der Waals surface area contributed by atoms with Crippen LogP contribution < -0.4 is 0 Å². The lowest BCUT2D eigenvalue weighted by Crippen LogP contribution is -2.26. The maximum atomic E-state index is 11.7. The second-order valence-electron chi connectivity index (χ2n) is 7.53. The van der Waals surface area contributed by atoms with E-state index in [1.54, 1.807) is 11.6 Å². The van der Waals surface area contributed by atoms with E-state index in [2.05, 4.69) is 42.3 Å². The highest BCUT2D eigenvalue weighted by molar-refractivity contribution is 7.14. The minimum Gasteiger partial charge on any atom is -0.463 e. The van der Waals surface area contributed by atoms with Crippen LogP contribution in [0.15, 0.2) is 42.0 Å². The fourth-order valence-corrected chi connectivity index (χ4v) is 5.35. The summed E-state index contributed by atoms with van der Waals surface area (Å²) in [6, 6.07) is 11.1. The molecule has 1 aromatic carbocycles.